The second-order valence-corrected chi connectivity index (χ2v) is 5.72. The smallest absolute Gasteiger partial charge is 0.240 e. The Balaban J connectivity index is 0.00000133. The van der Waals surface area contributed by atoms with Crippen molar-refractivity contribution in [2.75, 3.05) is 19.6 Å². The SMILES string of the molecule is Cl.O=C1CN(C(=O)C2CC3CCCCC3N2)CCN1. The highest BCUT2D eigenvalue weighted by Crippen LogP contribution is 2.33. The van der Waals surface area contributed by atoms with E-state index in [0.29, 0.717) is 25.0 Å². The molecule has 0 aromatic rings. The zero-order valence-electron chi connectivity index (χ0n) is 11.1. The Morgan fingerprint density at radius 1 is 1.26 bits per heavy atom. The van der Waals surface area contributed by atoms with Crippen LogP contribution >= 0.6 is 12.4 Å². The predicted molar refractivity (Wildman–Crippen MR) is 74.1 cm³/mol. The van der Waals surface area contributed by atoms with Crippen LogP contribution in [0.1, 0.15) is 32.1 Å². The summed E-state index contributed by atoms with van der Waals surface area (Å²) >= 11 is 0. The zero-order chi connectivity index (χ0) is 12.5. The van der Waals surface area contributed by atoms with Crippen molar-refractivity contribution < 1.29 is 9.59 Å². The third kappa shape index (κ3) is 3.03. The van der Waals surface area contributed by atoms with E-state index in [0.717, 1.165) is 6.42 Å². The number of carbonyl (C=O) groups is 2. The highest BCUT2D eigenvalue weighted by Gasteiger charge is 2.40. The molecule has 3 fully saturated rings. The lowest BCUT2D eigenvalue weighted by Gasteiger charge is -2.29. The molecule has 108 valence electrons. The van der Waals surface area contributed by atoms with Gasteiger partial charge in [0.15, 0.2) is 0 Å². The molecule has 0 spiro atoms. The third-order valence-electron chi connectivity index (χ3n) is 4.51. The van der Waals surface area contributed by atoms with Gasteiger partial charge in [-0.05, 0) is 25.2 Å². The predicted octanol–water partition coefficient (Wildman–Crippen LogP) is 0.287. The van der Waals surface area contributed by atoms with Gasteiger partial charge in [-0.15, -0.1) is 12.4 Å². The van der Waals surface area contributed by atoms with Crippen LogP contribution in [0.4, 0.5) is 0 Å². The van der Waals surface area contributed by atoms with Crippen molar-refractivity contribution in [3.8, 4) is 0 Å². The number of rotatable bonds is 1. The van der Waals surface area contributed by atoms with E-state index in [9.17, 15) is 9.59 Å². The fourth-order valence-corrected chi connectivity index (χ4v) is 3.56. The van der Waals surface area contributed by atoms with Crippen molar-refractivity contribution in [2.24, 2.45) is 5.92 Å². The van der Waals surface area contributed by atoms with Gasteiger partial charge in [-0.1, -0.05) is 12.8 Å². The number of nitrogens with one attached hydrogen (secondary N) is 2. The Labute approximate surface area is 119 Å². The van der Waals surface area contributed by atoms with Crippen LogP contribution in [0.25, 0.3) is 0 Å². The lowest BCUT2D eigenvalue weighted by molar-refractivity contribution is -0.139. The maximum Gasteiger partial charge on any atom is 0.240 e. The number of hydrogen-bond acceptors (Lipinski definition) is 3. The maximum atomic E-state index is 12.4. The molecular formula is C13H22ClN3O2. The van der Waals surface area contributed by atoms with E-state index in [2.05, 4.69) is 10.6 Å². The summed E-state index contributed by atoms with van der Waals surface area (Å²) in [5, 5.41) is 6.24. The fraction of sp³-hybridized carbons (Fsp3) is 0.846. The summed E-state index contributed by atoms with van der Waals surface area (Å²) in [6, 6.07) is 0.482. The number of halogens is 1. The average molecular weight is 288 g/mol. The molecule has 3 atom stereocenters. The molecule has 0 aromatic carbocycles. The van der Waals surface area contributed by atoms with Gasteiger partial charge in [0.2, 0.25) is 11.8 Å². The number of fused-ring (bicyclic) bond motifs is 1. The lowest BCUT2D eigenvalue weighted by Crippen LogP contribution is -2.54. The van der Waals surface area contributed by atoms with Gasteiger partial charge in [0.25, 0.3) is 0 Å². The largest absolute Gasteiger partial charge is 0.353 e. The van der Waals surface area contributed by atoms with E-state index < -0.39 is 0 Å². The standard InChI is InChI=1S/C13H21N3O2.ClH/c17-12-8-16(6-5-14-12)13(18)11-7-9-3-1-2-4-10(9)15-11;/h9-11,15H,1-8H2,(H,14,17);1H. The first-order valence-corrected chi connectivity index (χ1v) is 7.05. The van der Waals surface area contributed by atoms with Crippen molar-refractivity contribution >= 4 is 24.2 Å². The molecule has 2 amide bonds. The molecule has 3 rings (SSSR count). The minimum absolute atomic E-state index is 0. The molecule has 3 aliphatic rings. The Hall–Kier alpha value is -0.810. The summed E-state index contributed by atoms with van der Waals surface area (Å²) < 4.78 is 0. The van der Waals surface area contributed by atoms with E-state index in [1.807, 2.05) is 0 Å². The van der Waals surface area contributed by atoms with E-state index in [4.69, 9.17) is 0 Å². The van der Waals surface area contributed by atoms with Gasteiger partial charge in [-0.2, -0.15) is 0 Å². The lowest BCUT2D eigenvalue weighted by atomic mass is 9.85. The normalized spacial score (nSPS) is 34.2. The second-order valence-electron chi connectivity index (χ2n) is 5.72. The molecule has 19 heavy (non-hydrogen) atoms. The Kier molecular flexibility index (Phi) is 4.68. The molecule has 1 aliphatic carbocycles. The topological polar surface area (TPSA) is 61.4 Å². The van der Waals surface area contributed by atoms with Gasteiger partial charge in [-0.25, -0.2) is 0 Å². The summed E-state index contributed by atoms with van der Waals surface area (Å²) in [6.07, 6.45) is 6.00. The molecule has 5 nitrogen and oxygen atoms in total. The first-order valence-electron chi connectivity index (χ1n) is 7.05. The maximum absolute atomic E-state index is 12.4. The van der Waals surface area contributed by atoms with Crippen LogP contribution < -0.4 is 10.6 Å². The van der Waals surface area contributed by atoms with Crippen LogP contribution in [0.15, 0.2) is 0 Å². The first-order chi connectivity index (χ1) is 8.74. The highest BCUT2D eigenvalue weighted by molar-refractivity contribution is 5.88. The molecule has 2 saturated heterocycles. The summed E-state index contributed by atoms with van der Waals surface area (Å²) in [7, 11) is 0. The van der Waals surface area contributed by atoms with E-state index in [1.165, 1.54) is 25.7 Å². The third-order valence-corrected chi connectivity index (χ3v) is 4.51. The van der Waals surface area contributed by atoms with Crippen molar-refractivity contribution in [2.45, 2.75) is 44.2 Å². The molecule has 0 aromatic heterocycles. The minimum atomic E-state index is -0.0519. The van der Waals surface area contributed by atoms with Gasteiger partial charge in [0.1, 0.15) is 0 Å². The highest BCUT2D eigenvalue weighted by atomic mass is 35.5. The fourth-order valence-electron chi connectivity index (χ4n) is 3.56. The van der Waals surface area contributed by atoms with Gasteiger partial charge >= 0.3 is 0 Å². The van der Waals surface area contributed by atoms with Crippen LogP contribution in [-0.2, 0) is 9.59 Å². The van der Waals surface area contributed by atoms with E-state index >= 15 is 0 Å². The van der Waals surface area contributed by atoms with Crippen LogP contribution in [0.3, 0.4) is 0 Å². The first kappa shape index (κ1) is 14.6. The van der Waals surface area contributed by atoms with Gasteiger partial charge in [-0.3, -0.25) is 9.59 Å². The summed E-state index contributed by atoms with van der Waals surface area (Å²) in [5.41, 5.74) is 0. The van der Waals surface area contributed by atoms with Crippen molar-refractivity contribution in [3.05, 3.63) is 0 Å². The van der Waals surface area contributed by atoms with Crippen molar-refractivity contribution in [3.63, 3.8) is 0 Å². The zero-order valence-corrected chi connectivity index (χ0v) is 11.9. The summed E-state index contributed by atoms with van der Waals surface area (Å²) in [4.78, 5) is 25.4. The minimum Gasteiger partial charge on any atom is -0.353 e. The molecule has 2 N–H and O–H groups in total. The molecule has 2 heterocycles. The Bertz CT molecular complexity index is 350. The molecule has 3 unspecified atom stereocenters. The van der Waals surface area contributed by atoms with Gasteiger partial charge in [0, 0.05) is 19.1 Å². The molecule has 1 saturated carbocycles. The van der Waals surface area contributed by atoms with Crippen LogP contribution in [0, 0.1) is 5.92 Å². The summed E-state index contributed by atoms with van der Waals surface area (Å²) in [5.74, 6) is 0.760. The van der Waals surface area contributed by atoms with Crippen molar-refractivity contribution in [1.29, 1.82) is 0 Å². The molecule has 6 heteroatoms. The van der Waals surface area contributed by atoms with Crippen molar-refractivity contribution in [1.82, 2.24) is 15.5 Å². The van der Waals surface area contributed by atoms with Gasteiger partial charge in [0.05, 0.1) is 12.6 Å². The quantitative estimate of drug-likeness (QED) is 0.729. The van der Waals surface area contributed by atoms with Gasteiger partial charge < -0.3 is 15.5 Å². The monoisotopic (exact) mass is 287 g/mol. The molecular weight excluding hydrogens is 266 g/mol. The number of amides is 2. The average Bonchev–Trinajstić information content (AvgIpc) is 2.81. The molecule has 0 radical (unpaired) electrons. The Morgan fingerprint density at radius 2 is 2.05 bits per heavy atom. The van der Waals surface area contributed by atoms with Crippen LogP contribution in [0.2, 0.25) is 0 Å². The molecule has 2 aliphatic heterocycles. The number of nitrogens with zero attached hydrogens (tertiary/aromatic N) is 1. The van der Waals surface area contributed by atoms with Crippen LogP contribution in [-0.4, -0.2) is 48.4 Å². The molecule has 0 bridgehead atoms. The summed E-state index contributed by atoms with van der Waals surface area (Å²) in [6.45, 7) is 1.47. The second kappa shape index (κ2) is 6.09. The number of carbonyl (C=O) groups excluding carboxylic acids is 2. The van der Waals surface area contributed by atoms with E-state index in [-0.39, 0.29) is 36.8 Å². The number of hydrogen-bond donors (Lipinski definition) is 2. The van der Waals surface area contributed by atoms with Crippen LogP contribution in [0.5, 0.6) is 0 Å². The number of piperazine rings is 1. The Morgan fingerprint density at radius 3 is 2.79 bits per heavy atom. The van der Waals surface area contributed by atoms with E-state index in [1.54, 1.807) is 4.90 Å².